The molecule has 4 aromatic carbocycles. The zero-order chi connectivity index (χ0) is 29.2. The number of amides is 1. The second-order valence-corrected chi connectivity index (χ2v) is 16.9. The first-order valence-electron chi connectivity index (χ1n) is 12.9. The molecule has 0 aliphatic carbocycles. The van der Waals surface area contributed by atoms with Crippen LogP contribution in [0.1, 0.15) is 13.8 Å². The molecular formula is C33H37Cl2NOP2Ru. The van der Waals surface area contributed by atoms with E-state index in [9.17, 15) is 4.79 Å². The molecule has 0 aliphatic heterocycles. The summed E-state index contributed by atoms with van der Waals surface area (Å²) in [5.74, 6) is 0. The number of allylic oxidation sites excluding steroid dienone is 2. The maximum absolute atomic E-state index is 9.43. The van der Waals surface area contributed by atoms with Crippen molar-refractivity contribution in [3.63, 3.8) is 0 Å². The van der Waals surface area contributed by atoms with Gasteiger partial charge in [0, 0.05) is 25.4 Å². The molecule has 2 atom stereocenters. The molecule has 0 saturated carbocycles. The molecule has 212 valence electrons. The quantitative estimate of drug-likeness (QED) is 0.0762. The molecule has 0 fully saturated rings. The van der Waals surface area contributed by atoms with Gasteiger partial charge in [-0.05, 0) is 37.1 Å². The van der Waals surface area contributed by atoms with Crippen LogP contribution in [0, 0.1) is 0 Å². The fourth-order valence-electron chi connectivity index (χ4n) is 4.09. The summed E-state index contributed by atoms with van der Waals surface area (Å²) in [6.07, 6.45) is 5.69. The Balaban J connectivity index is 0.000000621. The monoisotopic (exact) mass is 697 g/mol. The summed E-state index contributed by atoms with van der Waals surface area (Å²) in [6.45, 7) is 4.75. The standard InChI is InChI=1S/C30H30P2.C3H7NO.2ClH.Ru/c1-25(31(27-15-7-3-8-16-27)28-17-9-4-10-18-28)23-24-26(2)32(29-19-11-5-12-20-29)30-21-13-6-14-22-30;1-4(2)3-5;;;/h3-26H,1-2H3;3H,1-2H3;2*1H;/q;;;;+2/p-2/b24-23-;;;;/t25-,26-;;;;/m1..../s1. The number of benzene rings is 4. The molecule has 0 unspecified atom stereocenters. The predicted octanol–water partition coefficient (Wildman–Crippen LogP) is 7.67. The SMILES string of the molecule is CN(C)C=O.C[C@H](/C=C\[C@@H](C)P(c1ccccc1)c1ccccc1)P(c1ccccc1)c1ccccc1.[Cl][Ru][Cl]. The molecule has 1 amide bonds. The Hall–Kier alpha value is -1.85. The molecule has 0 saturated heterocycles. The van der Waals surface area contributed by atoms with Gasteiger partial charge in [-0.2, -0.15) is 0 Å². The normalized spacial score (nSPS) is 12.2. The zero-order valence-electron chi connectivity index (χ0n) is 23.3. The van der Waals surface area contributed by atoms with Gasteiger partial charge < -0.3 is 4.90 Å². The summed E-state index contributed by atoms with van der Waals surface area (Å²) in [5.41, 5.74) is 0.918. The third kappa shape index (κ3) is 11.9. The van der Waals surface area contributed by atoms with E-state index >= 15 is 0 Å². The van der Waals surface area contributed by atoms with Crippen LogP contribution in [0.4, 0.5) is 0 Å². The van der Waals surface area contributed by atoms with Crippen LogP contribution in [0.25, 0.3) is 0 Å². The van der Waals surface area contributed by atoms with Crippen molar-refractivity contribution in [3.05, 3.63) is 133 Å². The Labute approximate surface area is 259 Å². The van der Waals surface area contributed by atoms with Gasteiger partial charge in [-0.1, -0.05) is 147 Å². The van der Waals surface area contributed by atoms with Crippen molar-refractivity contribution in [2.24, 2.45) is 0 Å². The van der Waals surface area contributed by atoms with Gasteiger partial charge in [0.25, 0.3) is 0 Å². The molecule has 0 radical (unpaired) electrons. The third-order valence-electron chi connectivity index (χ3n) is 5.83. The van der Waals surface area contributed by atoms with Crippen LogP contribution < -0.4 is 21.2 Å². The zero-order valence-corrected chi connectivity index (χ0v) is 28.3. The van der Waals surface area contributed by atoms with E-state index in [-0.39, 0.29) is 15.1 Å². The maximum atomic E-state index is 9.43. The van der Waals surface area contributed by atoms with Crippen molar-refractivity contribution < 1.29 is 19.9 Å². The summed E-state index contributed by atoms with van der Waals surface area (Å²) >= 11 is -0.346. The van der Waals surface area contributed by atoms with Gasteiger partial charge in [-0.25, -0.2) is 0 Å². The van der Waals surface area contributed by atoms with Crippen LogP contribution >= 0.6 is 35.2 Å². The van der Waals surface area contributed by atoms with Crippen molar-refractivity contribution in [2.45, 2.75) is 25.2 Å². The van der Waals surface area contributed by atoms with Crippen LogP contribution in [-0.4, -0.2) is 36.7 Å². The van der Waals surface area contributed by atoms with Crippen LogP contribution in [0.2, 0.25) is 0 Å². The minimum absolute atomic E-state index is 0.346. The Kier molecular flexibility index (Phi) is 17.3. The van der Waals surface area contributed by atoms with E-state index in [1.165, 1.54) is 26.1 Å². The van der Waals surface area contributed by atoms with Gasteiger partial charge in [0.15, 0.2) is 0 Å². The van der Waals surface area contributed by atoms with Crippen molar-refractivity contribution in [2.75, 3.05) is 14.1 Å². The summed E-state index contributed by atoms with van der Waals surface area (Å²) < 4.78 is 0. The Morgan fingerprint density at radius 3 is 0.950 bits per heavy atom. The van der Waals surface area contributed by atoms with E-state index in [4.69, 9.17) is 19.4 Å². The first-order valence-corrected chi connectivity index (χ1v) is 20.2. The van der Waals surface area contributed by atoms with Gasteiger partial charge in [-0.15, -0.1) is 0 Å². The van der Waals surface area contributed by atoms with Crippen LogP contribution in [0.5, 0.6) is 0 Å². The average molecular weight is 698 g/mol. The number of nitrogens with zero attached hydrogens (tertiary/aromatic N) is 1. The number of carbonyl (C=O) groups excluding carboxylic acids is 1. The molecule has 0 bridgehead atoms. The fourth-order valence-corrected chi connectivity index (χ4v) is 9.08. The molecule has 0 heterocycles. The van der Waals surface area contributed by atoms with E-state index < -0.39 is 15.8 Å². The van der Waals surface area contributed by atoms with Crippen LogP contribution in [-0.2, 0) is 19.9 Å². The molecule has 4 rings (SSSR count). The number of hydrogen-bond acceptors (Lipinski definition) is 1. The van der Waals surface area contributed by atoms with Gasteiger partial charge in [0.05, 0.1) is 0 Å². The summed E-state index contributed by atoms with van der Waals surface area (Å²) in [7, 11) is 12.2. The topological polar surface area (TPSA) is 20.3 Å². The van der Waals surface area contributed by atoms with Gasteiger partial charge in [0.1, 0.15) is 0 Å². The van der Waals surface area contributed by atoms with Gasteiger partial charge >= 0.3 is 34.5 Å². The van der Waals surface area contributed by atoms with Gasteiger partial charge in [-0.3, -0.25) is 4.79 Å². The van der Waals surface area contributed by atoms with Crippen molar-refractivity contribution in [1.29, 1.82) is 0 Å². The van der Waals surface area contributed by atoms with Crippen LogP contribution in [0.3, 0.4) is 0 Å². The molecular weight excluding hydrogens is 660 g/mol. The van der Waals surface area contributed by atoms with Gasteiger partial charge in [0.2, 0.25) is 6.41 Å². The first kappa shape index (κ1) is 34.4. The molecule has 4 aromatic rings. The van der Waals surface area contributed by atoms with E-state index in [2.05, 4.69) is 147 Å². The van der Waals surface area contributed by atoms with Crippen molar-refractivity contribution in [3.8, 4) is 0 Å². The second-order valence-electron chi connectivity index (χ2n) is 9.07. The van der Waals surface area contributed by atoms with E-state index in [0.29, 0.717) is 11.3 Å². The molecule has 40 heavy (non-hydrogen) atoms. The second kappa shape index (κ2) is 20.1. The first-order chi connectivity index (χ1) is 19.4. The predicted molar refractivity (Wildman–Crippen MR) is 178 cm³/mol. The molecule has 2 nitrogen and oxygen atoms in total. The third-order valence-corrected chi connectivity index (χ3v) is 11.2. The number of hydrogen-bond donors (Lipinski definition) is 0. The molecule has 0 N–H and O–H groups in total. The Bertz CT molecular complexity index is 1060. The molecule has 0 spiro atoms. The summed E-state index contributed by atoms with van der Waals surface area (Å²) in [6, 6.07) is 44.0. The fraction of sp³-hybridized carbons (Fsp3) is 0.182. The Morgan fingerprint density at radius 2 is 0.775 bits per heavy atom. The van der Waals surface area contributed by atoms with E-state index in [1.807, 2.05) is 0 Å². The summed E-state index contributed by atoms with van der Waals surface area (Å²) in [4.78, 5) is 10.9. The molecule has 0 aliphatic rings. The average Bonchev–Trinajstić information content (AvgIpc) is 2.99. The minimum atomic E-state index is -0.450. The molecule has 7 heteroatoms. The number of rotatable bonds is 9. The number of carbonyl (C=O) groups is 1. The van der Waals surface area contributed by atoms with Crippen LogP contribution in [0.15, 0.2) is 133 Å². The Morgan fingerprint density at radius 1 is 0.575 bits per heavy atom. The summed E-state index contributed by atoms with van der Waals surface area (Å²) in [5, 5.41) is 5.75. The molecule has 0 aromatic heterocycles. The van der Waals surface area contributed by atoms with E-state index in [0.717, 1.165) is 6.41 Å². The van der Waals surface area contributed by atoms with Crippen molar-refractivity contribution in [1.82, 2.24) is 4.90 Å². The number of halogens is 2. The van der Waals surface area contributed by atoms with Crippen molar-refractivity contribution >= 4 is 62.9 Å². The van der Waals surface area contributed by atoms with E-state index in [1.54, 1.807) is 14.1 Å².